The van der Waals surface area contributed by atoms with Crippen molar-refractivity contribution in [2.75, 3.05) is 12.4 Å². The number of aryl methyl sites for hydroxylation is 3. The van der Waals surface area contributed by atoms with E-state index in [1.807, 2.05) is 31.4 Å². The Labute approximate surface area is 155 Å². The Bertz CT molecular complexity index is 990. The molecule has 0 aromatic carbocycles. The van der Waals surface area contributed by atoms with Gasteiger partial charge in [0.05, 0.1) is 18.5 Å². The van der Waals surface area contributed by atoms with Crippen molar-refractivity contribution in [1.29, 1.82) is 0 Å². The Balaban J connectivity index is 1.73. The van der Waals surface area contributed by atoms with Crippen LogP contribution in [-0.4, -0.2) is 33.6 Å². The van der Waals surface area contributed by atoms with Gasteiger partial charge in [-0.2, -0.15) is 5.10 Å². The number of methoxy groups -OCH3 is 1. The Kier molecular flexibility index (Phi) is 5.03. The van der Waals surface area contributed by atoms with Crippen LogP contribution in [-0.2, 0) is 16.0 Å². The maximum atomic E-state index is 12.3. The Morgan fingerprint density at radius 2 is 2.08 bits per heavy atom. The number of esters is 1. The van der Waals surface area contributed by atoms with Gasteiger partial charge in [-0.05, 0) is 44.2 Å². The number of carbonyl (C=O) groups excluding carboxylic acids is 2. The molecule has 26 heavy (non-hydrogen) atoms. The molecular weight excluding hydrogens is 352 g/mol. The number of carbonyl (C=O) groups is 2. The second-order valence-electron chi connectivity index (χ2n) is 6.02. The van der Waals surface area contributed by atoms with Crippen molar-refractivity contribution in [2.24, 2.45) is 0 Å². The molecule has 0 aliphatic rings. The summed E-state index contributed by atoms with van der Waals surface area (Å²) in [5, 5.41) is 8.97. The molecule has 3 rings (SSSR count). The Morgan fingerprint density at radius 3 is 2.81 bits per heavy atom. The summed E-state index contributed by atoms with van der Waals surface area (Å²) in [5.74, 6) is -0.616. The smallest absolute Gasteiger partial charge is 0.350 e. The molecule has 0 fully saturated rings. The number of fused-ring (bicyclic) bond motifs is 1. The molecule has 0 aliphatic heterocycles. The van der Waals surface area contributed by atoms with Crippen LogP contribution in [0.3, 0.4) is 0 Å². The third-order valence-corrected chi connectivity index (χ3v) is 5.09. The van der Waals surface area contributed by atoms with E-state index in [0.29, 0.717) is 17.0 Å². The molecule has 3 heterocycles. The molecule has 3 aromatic heterocycles. The summed E-state index contributed by atoms with van der Waals surface area (Å²) in [6, 6.07) is 3.63. The van der Waals surface area contributed by atoms with Gasteiger partial charge in [-0.15, -0.1) is 11.3 Å². The molecule has 7 nitrogen and oxygen atoms in total. The average molecular weight is 372 g/mol. The molecule has 0 radical (unpaired) electrons. The monoisotopic (exact) mass is 372 g/mol. The first-order valence-electron chi connectivity index (χ1n) is 8.18. The number of hydrogen-bond acceptors (Lipinski definition) is 6. The summed E-state index contributed by atoms with van der Waals surface area (Å²) in [6.45, 7) is 5.85. The molecule has 0 saturated carbocycles. The first-order valence-corrected chi connectivity index (χ1v) is 9.06. The lowest BCUT2D eigenvalue weighted by atomic mass is 10.1. The largest absolute Gasteiger partial charge is 0.465 e. The zero-order valence-electron chi connectivity index (χ0n) is 15.1. The summed E-state index contributed by atoms with van der Waals surface area (Å²) in [4.78, 5) is 29.0. The van der Waals surface area contributed by atoms with E-state index in [1.54, 1.807) is 11.4 Å². The summed E-state index contributed by atoms with van der Waals surface area (Å²) in [5.41, 5.74) is 5.09. The van der Waals surface area contributed by atoms with Crippen molar-refractivity contribution < 1.29 is 14.3 Å². The van der Waals surface area contributed by atoms with E-state index >= 15 is 0 Å². The van der Waals surface area contributed by atoms with E-state index in [4.69, 9.17) is 4.74 Å². The molecule has 0 unspecified atom stereocenters. The van der Waals surface area contributed by atoms with Gasteiger partial charge in [0.25, 0.3) is 0 Å². The van der Waals surface area contributed by atoms with Crippen LogP contribution in [0.15, 0.2) is 17.5 Å². The van der Waals surface area contributed by atoms with Gasteiger partial charge in [0.15, 0.2) is 5.65 Å². The maximum Gasteiger partial charge on any atom is 0.350 e. The number of aromatic nitrogens is 3. The molecule has 136 valence electrons. The van der Waals surface area contributed by atoms with E-state index in [2.05, 4.69) is 15.4 Å². The fourth-order valence-corrected chi connectivity index (χ4v) is 3.68. The van der Waals surface area contributed by atoms with Crippen LogP contribution in [0.4, 0.5) is 5.69 Å². The van der Waals surface area contributed by atoms with E-state index < -0.39 is 5.97 Å². The van der Waals surface area contributed by atoms with Crippen LogP contribution >= 0.6 is 11.3 Å². The number of amides is 1. The van der Waals surface area contributed by atoms with Gasteiger partial charge in [-0.25, -0.2) is 14.3 Å². The number of ether oxygens (including phenoxy) is 1. The number of nitrogens with zero attached hydrogens (tertiary/aromatic N) is 3. The van der Waals surface area contributed by atoms with E-state index in [0.717, 1.165) is 28.3 Å². The van der Waals surface area contributed by atoms with Crippen LogP contribution in [0.1, 0.15) is 38.7 Å². The number of nitrogens with one attached hydrogen (secondary N) is 1. The molecule has 0 bridgehead atoms. The molecule has 0 atom stereocenters. The molecule has 1 N–H and O–H groups in total. The number of rotatable bonds is 5. The zero-order valence-corrected chi connectivity index (χ0v) is 15.9. The third-order valence-electron chi connectivity index (χ3n) is 4.20. The van der Waals surface area contributed by atoms with Crippen LogP contribution in [0.25, 0.3) is 5.65 Å². The fraction of sp³-hybridized carbons (Fsp3) is 0.333. The van der Waals surface area contributed by atoms with Crippen molar-refractivity contribution in [2.45, 2.75) is 33.6 Å². The summed E-state index contributed by atoms with van der Waals surface area (Å²) in [6.07, 6.45) is 0.828. The Morgan fingerprint density at radius 1 is 1.31 bits per heavy atom. The fourth-order valence-electron chi connectivity index (χ4n) is 2.91. The van der Waals surface area contributed by atoms with Gasteiger partial charge in [-0.1, -0.05) is 0 Å². The van der Waals surface area contributed by atoms with E-state index in [9.17, 15) is 9.59 Å². The molecule has 0 spiro atoms. The predicted octanol–water partition coefficient (Wildman–Crippen LogP) is 3.07. The first kappa shape index (κ1) is 18.1. The summed E-state index contributed by atoms with van der Waals surface area (Å²) in [7, 11) is 1.32. The van der Waals surface area contributed by atoms with E-state index in [-0.39, 0.29) is 12.3 Å². The highest BCUT2D eigenvalue weighted by molar-refractivity contribution is 7.12. The number of thiophene rings is 1. The van der Waals surface area contributed by atoms with Gasteiger partial charge in [0.2, 0.25) is 5.91 Å². The second kappa shape index (κ2) is 7.25. The van der Waals surface area contributed by atoms with Crippen molar-refractivity contribution in [1.82, 2.24) is 14.6 Å². The number of hydrogen-bond donors (Lipinski definition) is 1. The summed E-state index contributed by atoms with van der Waals surface area (Å²) >= 11 is 1.24. The van der Waals surface area contributed by atoms with Gasteiger partial charge in [-0.3, -0.25) is 4.79 Å². The maximum absolute atomic E-state index is 12.3. The SMILES string of the molecule is COC(=O)c1sccc1NC(=O)CCc1c(C)nc2cc(C)nn2c1C. The highest BCUT2D eigenvalue weighted by Crippen LogP contribution is 2.24. The standard InChI is InChI=1S/C18H20N4O3S/c1-10-9-15-19-11(2)13(12(3)22(15)21-10)5-6-16(23)20-14-7-8-26-17(14)18(24)25-4/h7-9H,5-6H2,1-4H3,(H,20,23). The van der Waals surface area contributed by atoms with Crippen LogP contribution in [0.5, 0.6) is 0 Å². The minimum atomic E-state index is -0.453. The van der Waals surface area contributed by atoms with Crippen LogP contribution < -0.4 is 5.32 Å². The van der Waals surface area contributed by atoms with Gasteiger partial charge < -0.3 is 10.1 Å². The minimum Gasteiger partial charge on any atom is -0.465 e. The third kappa shape index (κ3) is 3.45. The predicted molar refractivity (Wildman–Crippen MR) is 99.8 cm³/mol. The lowest BCUT2D eigenvalue weighted by molar-refractivity contribution is -0.116. The molecular formula is C18H20N4O3S. The Hall–Kier alpha value is -2.74. The lowest BCUT2D eigenvalue weighted by Gasteiger charge is -2.11. The highest BCUT2D eigenvalue weighted by Gasteiger charge is 2.17. The summed E-state index contributed by atoms with van der Waals surface area (Å²) < 4.78 is 6.53. The second-order valence-corrected chi connectivity index (χ2v) is 6.94. The zero-order chi connectivity index (χ0) is 18.8. The van der Waals surface area contributed by atoms with Crippen molar-refractivity contribution in [3.63, 3.8) is 0 Å². The highest BCUT2D eigenvalue weighted by atomic mass is 32.1. The molecule has 0 aliphatic carbocycles. The molecule has 0 saturated heterocycles. The molecule has 3 aromatic rings. The first-order chi connectivity index (χ1) is 12.4. The number of anilines is 1. The topological polar surface area (TPSA) is 85.6 Å². The van der Waals surface area contributed by atoms with Gasteiger partial charge in [0.1, 0.15) is 4.88 Å². The quantitative estimate of drug-likeness (QED) is 0.696. The van der Waals surface area contributed by atoms with Crippen LogP contribution in [0, 0.1) is 20.8 Å². The van der Waals surface area contributed by atoms with Crippen LogP contribution in [0.2, 0.25) is 0 Å². The molecule has 8 heteroatoms. The van der Waals surface area contributed by atoms with Gasteiger partial charge in [0, 0.05) is 23.9 Å². The molecule has 1 amide bonds. The normalized spacial score (nSPS) is 10.9. The van der Waals surface area contributed by atoms with Crippen molar-refractivity contribution in [3.8, 4) is 0 Å². The van der Waals surface area contributed by atoms with E-state index in [1.165, 1.54) is 18.4 Å². The van der Waals surface area contributed by atoms with Crippen molar-refractivity contribution >= 4 is 34.5 Å². The van der Waals surface area contributed by atoms with Crippen molar-refractivity contribution in [3.05, 3.63) is 45.0 Å². The minimum absolute atomic E-state index is 0.163. The van der Waals surface area contributed by atoms with Gasteiger partial charge >= 0.3 is 5.97 Å². The average Bonchev–Trinajstić information content (AvgIpc) is 3.20. The lowest BCUT2D eigenvalue weighted by Crippen LogP contribution is -2.15.